The van der Waals surface area contributed by atoms with Gasteiger partial charge in [-0.2, -0.15) is 0 Å². The number of rotatable bonds is 1. The summed E-state index contributed by atoms with van der Waals surface area (Å²) in [6.45, 7) is 2.50. The Morgan fingerprint density at radius 2 is 1.87 bits per heavy atom. The van der Waals surface area contributed by atoms with E-state index >= 15 is 0 Å². The second kappa shape index (κ2) is 6.14. The topological polar surface area (TPSA) is 69.7 Å². The first-order valence-corrected chi connectivity index (χ1v) is 10.8. The molecule has 4 heterocycles. The molecule has 1 spiro atoms. The molecule has 2 aromatic carbocycles. The number of carbonyl (C=O) groups is 3. The molecule has 0 saturated carbocycles. The molecule has 4 aliphatic rings. The van der Waals surface area contributed by atoms with Crippen molar-refractivity contribution >= 4 is 40.7 Å². The number of hydrogen-bond acceptors (Lipinski definition) is 4. The summed E-state index contributed by atoms with van der Waals surface area (Å²) in [6.07, 6.45) is 1.58. The number of imide groups is 1. The van der Waals surface area contributed by atoms with Crippen molar-refractivity contribution in [3.05, 3.63) is 58.4 Å². The van der Waals surface area contributed by atoms with Crippen LogP contribution in [0.1, 0.15) is 24.0 Å². The summed E-state index contributed by atoms with van der Waals surface area (Å²) in [5.41, 5.74) is 1.22. The number of anilines is 2. The molecular formula is C23H19ClFN3O3. The fraction of sp³-hybridized carbons (Fsp3) is 0.348. The minimum atomic E-state index is -1.27. The first kappa shape index (κ1) is 19.0. The van der Waals surface area contributed by atoms with E-state index in [0.29, 0.717) is 28.5 Å². The Bertz CT molecular complexity index is 1180. The van der Waals surface area contributed by atoms with E-state index in [1.165, 1.54) is 24.3 Å². The van der Waals surface area contributed by atoms with Crippen LogP contribution < -0.4 is 10.2 Å². The monoisotopic (exact) mass is 439 g/mol. The normalized spacial score (nSPS) is 31.4. The molecule has 0 aromatic heterocycles. The van der Waals surface area contributed by atoms with Crippen LogP contribution in [0.15, 0.2) is 36.4 Å². The van der Waals surface area contributed by atoms with Crippen LogP contribution in [-0.4, -0.2) is 35.2 Å². The van der Waals surface area contributed by atoms with Crippen LogP contribution in [0.4, 0.5) is 15.8 Å². The Labute approximate surface area is 183 Å². The maximum Gasteiger partial charge on any atom is 0.250 e. The van der Waals surface area contributed by atoms with Gasteiger partial charge < -0.3 is 5.32 Å². The van der Waals surface area contributed by atoms with Gasteiger partial charge in [-0.25, -0.2) is 9.29 Å². The lowest BCUT2D eigenvalue weighted by atomic mass is 9.75. The van der Waals surface area contributed by atoms with Gasteiger partial charge >= 0.3 is 0 Å². The minimum absolute atomic E-state index is 0.206. The summed E-state index contributed by atoms with van der Waals surface area (Å²) in [6, 6.07) is 8.62. The molecule has 1 N–H and O–H groups in total. The Hall–Kier alpha value is -2.77. The summed E-state index contributed by atoms with van der Waals surface area (Å²) in [5.74, 6) is -2.96. The van der Waals surface area contributed by atoms with Crippen molar-refractivity contribution in [2.75, 3.05) is 16.8 Å². The second-order valence-corrected chi connectivity index (χ2v) is 9.20. The van der Waals surface area contributed by atoms with Crippen LogP contribution in [0.5, 0.6) is 0 Å². The maximum atomic E-state index is 13.8. The molecule has 158 valence electrons. The molecule has 4 atom stereocenters. The zero-order valence-electron chi connectivity index (χ0n) is 16.7. The third-order valence-electron chi connectivity index (χ3n) is 7.35. The van der Waals surface area contributed by atoms with E-state index in [2.05, 4.69) is 10.2 Å². The number of benzene rings is 2. The van der Waals surface area contributed by atoms with Crippen LogP contribution in [0, 0.1) is 24.6 Å². The largest absolute Gasteiger partial charge is 0.324 e. The van der Waals surface area contributed by atoms with Crippen molar-refractivity contribution in [3.8, 4) is 0 Å². The molecule has 8 heteroatoms. The first-order chi connectivity index (χ1) is 14.9. The van der Waals surface area contributed by atoms with Gasteiger partial charge in [0.15, 0.2) is 0 Å². The van der Waals surface area contributed by atoms with Crippen LogP contribution in [-0.2, 0) is 19.9 Å². The molecule has 3 fully saturated rings. The molecule has 4 aliphatic heterocycles. The lowest BCUT2D eigenvalue weighted by Gasteiger charge is -2.36. The fourth-order valence-corrected chi connectivity index (χ4v) is 6.55. The molecule has 0 bridgehead atoms. The predicted molar refractivity (Wildman–Crippen MR) is 112 cm³/mol. The molecule has 6 rings (SSSR count). The quantitative estimate of drug-likeness (QED) is 0.693. The number of aryl methyl sites for hydroxylation is 1. The van der Waals surface area contributed by atoms with Crippen LogP contribution in [0.3, 0.4) is 0 Å². The van der Waals surface area contributed by atoms with Crippen molar-refractivity contribution < 1.29 is 18.8 Å². The summed E-state index contributed by atoms with van der Waals surface area (Å²) in [4.78, 5) is 44.1. The number of halogens is 2. The zero-order valence-corrected chi connectivity index (χ0v) is 17.4. The van der Waals surface area contributed by atoms with Gasteiger partial charge in [0.2, 0.25) is 17.7 Å². The third-order valence-corrected chi connectivity index (χ3v) is 7.57. The number of amides is 3. The molecule has 3 saturated heterocycles. The van der Waals surface area contributed by atoms with E-state index in [0.717, 1.165) is 23.3 Å². The van der Waals surface area contributed by atoms with Crippen LogP contribution >= 0.6 is 11.6 Å². The molecular weight excluding hydrogens is 421 g/mol. The Morgan fingerprint density at radius 1 is 1.13 bits per heavy atom. The van der Waals surface area contributed by atoms with Gasteiger partial charge in [0, 0.05) is 22.3 Å². The van der Waals surface area contributed by atoms with E-state index in [1.54, 1.807) is 12.1 Å². The average molecular weight is 440 g/mol. The van der Waals surface area contributed by atoms with Gasteiger partial charge in [0.05, 0.1) is 17.5 Å². The fourth-order valence-electron chi connectivity index (χ4n) is 6.28. The van der Waals surface area contributed by atoms with Gasteiger partial charge in [-0.15, -0.1) is 0 Å². The highest BCUT2D eigenvalue weighted by Crippen LogP contribution is 2.61. The molecule has 0 radical (unpaired) electrons. The van der Waals surface area contributed by atoms with Crippen molar-refractivity contribution in [3.63, 3.8) is 0 Å². The zero-order chi connectivity index (χ0) is 21.7. The van der Waals surface area contributed by atoms with Crippen molar-refractivity contribution in [2.24, 2.45) is 11.8 Å². The van der Waals surface area contributed by atoms with E-state index in [4.69, 9.17) is 11.6 Å². The van der Waals surface area contributed by atoms with Gasteiger partial charge in [0.1, 0.15) is 11.4 Å². The van der Waals surface area contributed by atoms with E-state index in [9.17, 15) is 18.8 Å². The van der Waals surface area contributed by atoms with Crippen molar-refractivity contribution in [2.45, 2.75) is 31.3 Å². The van der Waals surface area contributed by atoms with E-state index < -0.39 is 29.1 Å². The predicted octanol–water partition coefficient (Wildman–Crippen LogP) is 3.22. The van der Waals surface area contributed by atoms with Crippen LogP contribution in [0.25, 0.3) is 0 Å². The van der Waals surface area contributed by atoms with Gasteiger partial charge in [0.25, 0.3) is 0 Å². The standard InChI is InChI=1S/C23H19ClFN3O3/c1-11-9-12(24)10-15-19(11)26-22(31)23(15)18-17(16-3-2-8-27(16)23)20(29)28(21(18)30)14-6-4-13(25)5-7-14/h4-7,9-10,16-18H,2-3,8H2,1H3,(H,26,31)/t16-,17+,18-,23+/m0/s1. The number of hydrogen-bond donors (Lipinski definition) is 1. The van der Waals surface area contributed by atoms with Gasteiger partial charge in [-0.05, 0) is 68.3 Å². The SMILES string of the molecule is Cc1cc(Cl)cc2c1NC(=O)[C@]21[C@@H]2C(=O)N(c3ccc(F)cc3)C(=O)[C@@H]2[C@@H]2CCCN21. The molecule has 0 aliphatic carbocycles. The Balaban J connectivity index is 1.57. The smallest absolute Gasteiger partial charge is 0.250 e. The van der Waals surface area contributed by atoms with Crippen LogP contribution in [0.2, 0.25) is 5.02 Å². The number of fused-ring (bicyclic) bond motifs is 7. The highest BCUT2D eigenvalue weighted by atomic mass is 35.5. The number of carbonyl (C=O) groups excluding carboxylic acids is 3. The summed E-state index contributed by atoms with van der Waals surface area (Å²) in [5, 5.41) is 3.46. The second-order valence-electron chi connectivity index (χ2n) is 8.76. The average Bonchev–Trinajstić information content (AvgIpc) is 3.42. The summed E-state index contributed by atoms with van der Waals surface area (Å²) >= 11 is 6.37. The van der Waals surface area contributed by atoms with Crippen molar-refractivity contribution in [1.82, 2.24) is 4.90 Å². The molecule has 6 nitrogen and oxygen atoms in total. The van der Waals surface area contributed by atoms with E-state index in [1.807, 2.05) is 6.92 Å². The molecule has 31 heavy (non-hydrogen) atoms. The molecule has 0 unspecified atom stereocenters. The number of nitrogens with one attached hydrogen (secondary N) is 1. The highest BCUT2D eigenvalue weighted by Gasteiger charge is 2.74. The Kier molecular flexibility index (Phi) is 3.76. The highest BCUT2D eigenvalue weighted by molar-refractivity contribution is 6.31. The first-order valence-electron chi connectivity index (χ1n) is 10.4. The maximum absolute atomic E-state index is 13.8. The Morgan fingerprint density at radius 3 is 2.61 bits per heavy atom. The lowest BCUT2D eigenvalue weighted by molar-refractivity contribution is -0.135. The van der Waals surface area contributed by atoms with Crippen molar-refractivity contribution in [1.29, 1.82) is 0 Å². The number of nitrogens with zero attached hydrogens (tertiary/aromatic N) is 2. The molecule has 2 aromatic rings. The lowest BCUT2D eigenvalue weighted by Crippen LogP contribution is -2.54. The summed E-state index contributed by atoms with van der Waals surface area (Å²) < 4.78 is 13.4. The van der Waals surface area contributed by atoms with E-state index in [-0.39, 0.29) is 17.9 Å². The summed E-state index contributed by atoms with van der Waals surface area (Å²) in [7, 11) is 0. The third kappa shape index (κ3) is 2.18. The van der Waals surface area contributed by atoms with Gasteiger partial charge in [-0.3, -0.25) is 19.3 Å². The van der Waals surface area contributed by atoms with Gasteiger partial charge in [-0.1, -0.05) is 11.6 Å². The minimum Gasteiger partial charge on any atom is -0.324 e. The molecule has 3 amide bonds.